The van der Waals surface area contributed by atoms with Gasteiger partial charge in [-0.1, -0.05) is 0 Å². The van der Waals surface area contributed by atoms with E-state index >= 15 is 0 Å². The Labute approximate surface area is 133 Å². The van der Waals surface area contributed by atoms with Gasteiger partial charge in [-0.25, -0.2) is 0 Å². The van der Waals surface area contributed by atoms with Crippen LogP contribution in [0, 0.1) is 10.1 Å². The Morgan fingerprint density at radius 2 is 2.17 bits per heavy atom. The molecule has 124 valence electrons. The summed E-state index contributed by atoms with van der Waals surface area (Å²) in [6, 6.07) is 4.78. The fraction of sp³-hybridized carbons (Fsp3) is 0.533. The zero-order valence-electron chi connectivity index (χ0n) is 12.6. The molecule has 3 rings (SSSR count). The fourth-order valence-corrected chi connectivity index (χ4v) is 2.36. The molecule has 0 aromatic heterocycles. The summed E-state index contributed by atoms with van der Waals surface area (Å²) in [5.74, 6) is -0.361. The van der Waals surface area contributed by atoms with Gasteiger partial charge in [0.15, 0.2) is 0 Å². The highest BCUT2D eigenvalue weighted by Gasteiger charge is 2.25. The lowest BCUT2D eigenvalue weighted by molar-refractivity contribution is -0.384. The van der Waals surface area contributed by atoms with E-state index in [-0.39, 0.29) is 23.3 Å². The van der Waals surface area contributed by atoms with Crippen LogP contribution in [0.25, 0.3) is 0 Å². The first kappa shape index (κ1) is 15.7. The van der Waals surface area contributed by atoms with E-state index in [4.69, 9.17) is 9.47 Å². The Bertz CT molecular complexity index is 597. The van der Waals surface area contributed by atoms with E-state index < -0.39 is 4.92 Å². The third kappa shape index (κ3) is 4.17. The summed E-state index contributed by atoms with van der Waals surface area (Å²) < 4.78 is 10.7. The second-order valence-corrected chi connectivity index (χ2v) is 5.69. The van der Waals surface area contributed by atoms with Gasteiger partial charge in [-0.15, -0.1) is 0 Å². The zero-order valence-corrected chi connectivity index (χ0v) is 12.6. The lowest BCUT2D eigenvalue weighted by atomic mass is 10.1. The monoisotopic (exact) mass is 321 g/mol. The van der Waals surface area contributed by atoms with E-state index in [1.165, 1.54) is 6.07 Å². The van der Waals surface area contributed by atoms with Crippen LogP contribution in [0.2, 0.25) is 0 Å². The first-order valence-corrected chi connectivity index (χ1v) is 7.66. The van der Waals surface area contributed by atoms with Crippen LogP contribution in [0.4, 0.5) is 11.4 Å². The second-order valence-electron chi connectivity index (χ2n) is 5.69. The Kier molecular flexibility index (Phi) is 4.73. The highest BCUT2D eigenvalue weighted by molar-refractivity contribution is 5.95. The van der Waals surface area contributed by atoms with Crippen LogP contribution < -0.4 is 10.6 Å². The summed E-state index contributed by atoms with van der Waals surface area (Å²) in [6.07, 6.45) is 1.85. The Morgan fingerprint density at radius 1 is 1.35 bits per heavy atom. The number of carbonyl (C=O) groups excluding carboxylic acids is 1. The molecule has 0 radical (unpaired) electrons. The quantitative estimate of drug-likeness (QED) is 0.605. The van der Waals surface area contributed by atoms with E-state index in [2.05, 4.69) is 10.6 Å². The molecule has 23 heavy (non-hydrogen) atoms. The van der Waals surface area contributed by atoms with Gasteiger partial charge < -0.3 is 20.1 Å². The van der Waals surface area contributed by atoms with Gasteiger partial charge in [-0.05, 0) is 25.0 Å². The van der Waals surface area contributed by atoms with E-state index in [0.29, 0.717) is 38.1 Å². The summed E-state index contributed by atoms with van der Waals surface area (Å²) in [4.78, 5) is 22.9. The highest BCUT2D eigenvalue weighted by atomic mass is 16.6. The molecule has 1 aliphatic carbocycles. The molecule has 1 unspecified atom stereocenters. The van der Waals surface area contributed by atoms with Gasteiger partial charge in [0.2, 0.25) is 0 Å². The SMILES string of the molecule is O=C(NCC1COCCO1)c1ccc(NC2CC2)c([N+](=O)[O-])c1. The molecule has 1 aliphatic heterocycles. The first-order chi connectivity index (χ1) is 11.1. The molecule has 0 spiro atoms. The summed E-state index contributed by atoms with van der Waals surface area (Å²) in [6.45, 7) is 1.82. The molecule has 1 saturated heterocycles. The lowest BCUT2D eigenvalue weighted by Gasteiger charge is -2.23. The minimum atomic E-state index is -0.473. The van der Waals surface area contributed by atoms with Gasteiger partial charge in [-0.2, -0.15) is 0 Å². The number of hydrogen-bond acceptors (Lipinski definition) is 6. The molecule has 1 heterocycles. The predicted octanol–water partition coefficient (Wildman–Crippen LogP) is 1.31. The van der Waals surface area contributed by atoms with E-state index in [1.807, 2.05) is 0 Å². The number of hydrogen-bond donors (Lipinski definition) is 2. The van der Waals surface area contributed by atoms with Gasteiger partial charge in [0.05, 0.1) is 30.8 Å². The van der Waals surface area contributed by atoms with Crippen molar-refractivity contribution in [3.63, 3.8) is 0 Å². The van der Waals surface area contributed by atoms with Crippen LogP contribution in [0.5, 0.6) is 0 Å². The topological polar surface area (TPSA) is 103 Å². The number of nitro groups is 1. The molecule has 2 fully saturated rings. The van der Waals surface area contributed by atoms with E-state index in [0.717, 1.165) is 12.8 Å². The number of ether oxygens (including phenoxy) is 2. The molecule has 1 atom stereocenters. The van der Waals surface area contributed by atoms with Crippen molar-refractivity contribution in [2.45, 2.75) is 25.0 Å². The van der Waals surface area contributed by atoms with Crippen molar-refractivity contribution in [1.29, 1.82) is 0 Å². The smallest absolute Gasteiger partial charge is 0.293 e. The van der Waals surface area contributed by atoms with Crippen molar-refractivity contribution in [1.82, 2.24) is 5.32 Å². The van der Waals surface area contributed by atoms with Crippen LogP contribution in [0.3, 0.4) is 0 Å². The maximum absolute atomic E-state index is 12.2. The molecule has 1 saturated carbocycles. The lowest BCUT2D eigenvalue weighted by Crippen LogP contribution is -2.39. The summed E-state index contributed by atoms with van der Waals surface area (Å²) in [7, 11) is 0. The summed E-state index contributed by atoms with van der Waals surface area (Å²) >= 11 is 0. The van der Waals surface area contributed by atoms with Crippen LogP contribution in [0.15, 0.2) is 18.2 Å². The van der Waals surface area contributed by atoms with Gasteiger partial charge >= 0.3 is 0 Å². The summed E-state index contributed by atoms with van der Waals surface area (Å²) in [5.41, 5.74) is 0.634. The van der Waals surface area contributed by atoms with Crippen LogP contribution >= 0.6 is 0 Å². The van der Waals surface area contributed by atoms with Crippen LogP contribution in [-0.2, 0) is 9.47 Å². The predicted molar refractivity (Wildman–Crippen MR) is 82.6 cm³/mol. The Hall–Kier alpha value is -2.19. The van der Waals surface area contributed by atoms with Crippen LogP contribution in [-0.4, -0.2) is 49.3 Å². The fourth-order valence-electron chi connectivity index (χ4n) is 2.36. The maximum Gasteiger partial charge on any atom is 0.293 e. The largest absolute Gasteiger partial charge is 0.377 e. The highest BCUT2D eigenvalue weighted by Crippen LogP contribution is 2.31. The molecular formula is C15H19N3O5. The number of amides is 1. The molecule has 1 amide bonds. The molecule has 8 heteroatoms. The first-order valence-electron chi connectivity index (χ1n) is 7.66. The molecule has 1 aromatic carbocycles. The van der Waals surface area contributed by atoms with Gasteiger partial charge in [-0.3, -0.25) is 14.9 Å². The molecular weight excluding hydrogens is 302 g/mol. The minimum Gasteiger partial charge on any atom is -0.377 e. The van der Waals surface area contributed by atoms with Crippen molar-refractivity contribution >= 4 is 17.3 Å². The minimum absolute atomic E-state index is 0.0817. The molecule has 1 aromatic rings. The molecule has 0 bridgehead atoms. The van der Waals surface area contributed by atoms with Crippen molar-refractivity contribution in [2.24, 2.45) is 0 Å². The number of carbonyl (C=O) groups is 1. The second kappa shape index (κ2) is 6.93. The normalized spacial score (nSPS) is 20.8. The maximum atomic E-state index is 12.2. The number of nitrogens with one attached hydrogen (secondary N) is 2. The van der Waals surface area contributed by atoms with Gasteiger partial charge in [0, 0.05) is 24.2 Å². The van der Waals surface area contributed by atoms with Crippen molar-refractivity contribution in [3.8, 4) is 0 Å². The van der Waals surface area contributed by atoms with Crippen LogP contribution in [0.1, 0.15) is 23.2 Å². The molecule has 2 N–H and O–H groups in total. The average Bonchev–Trinajstić information content (AvgIpc) is 3.37. The number of nitrogens with zero attached hydrogens (tertiary/aromatic N) is 1. The third-order valence-electron chi connectivity index (χ3n) is 3.77. The number of anilines is 1. The zero-order chi connectivity index (χ0) is 16.2. The number of rotatable bonds is 6. The molecule has 8 nitrogen and oxygen atoms in total. The van der Waals surface area contributed by atoms with E-state index in [9.17, 15) is 14.9 Å². The van der Waals surface area contributed by atoms with E-state index in [1.54, 1.807) is 12.1 Å². The Morgan fingerprint density at radius 3 is 2.83 bits per heavy atom. The van der Waals surface area contributed by atoms with Crippen molar-refractivity contribution in [2.75, 3.05) is 31.7 Å². The standard InChI is InChI=1S/C15H19N3O5/c19-15(16-8-12-9-22-5-6-23-12)10-1-4-13(17-11-2-3-11)14(7-10)18(20)21/h1,4,7,11-12,17H,2-3,5-6,8-9H2,(H,16,19). The van der Waals surface area contributed by atoms with Gasteiger partial charge in [0.25, 0.3) is 11.6 Å². The number of benzene rings is 1. The molecule has 2 aliphatic rings. The average molecular weight is 321 g/mol. The Balaban J connectivity index is 1.64. The van der Waals surface area contributed by atoms with Crippen molar-refractivity contribution < 1.29 is 19.2 Å². The summed E-state index contributed by atoms with van der Waals surface area (Å²) in [5, 5.41) is 17.0. The van der Waals surface area contributed by atoms with Crippen molar-refractivity contribution in [3.05, 3.63) is 33.9 Å². The number of nitro benzene ring substituents is 1. The van der Waals surface area contributed by atoms with Gasteiger partial charge in [0.1, 0.15) is 5.69 Å². The third-order valence-corrected chi connectivity index (χ3v) is 3.77.